The van der Waals surface area contributed by atoms with Crippen molar-refractivity contribution in [3.8, 4) is 16.9 Å². The molecule has 0 heterocycles. The summed E-state index contributed by atoms with van der Waals surface area (Å²) < 4.78 is 19.0. The van der Waals surface area contributed by atoms with E-state index in [2.05, 4.69) is 5.32 Å². The quantitative estimate of drug-likeness (QED) is 0.883. The Morgan fingerprint density at radius 3 is 2.71 bits per heavy atom. The van der Waals surface area contributed by atoms with Gasteiger partial charge < -0.3 is 10.1 Å². The molecule has 0 unspecified atom stereocenters. The zero-order valence-electron chi connectivity index (χ0n) is 11.8. The van der Waals surface area contributed by atoms with Crippen LogP contribution in [-0.4, -0.2) is 13.2 Å². The normalized spacial score (nSPS) is 14.2. The summed E-state index contributed by atoms with van der Waals surface area (Å²) in [6, 6.07) is 10.9. The second kappa shape index (κ2) is 6.04. The highest BCUT2D eigenvalue weighted by Crippen LogP contribution is 2.35. The zero-order chi connectivity index (χ0) is 14.8. The summed E-state index contributed by atoms with van der Waals surface area (Å²) in [5.74, 6) is 0.359. The van der Waals surface area contributed by atoms with Crippen molar-refractivity contribution in [2.45, 2.75) is 25.4 Å². The predicted octanol–water partition coefficient (Wildman–Crippen LogP) is 4.41. The predicted molar refractivity (Wildman–Crippen MR) is 83.3 cm³/mol. The molecular formula is C17H17ClFNO. The number of methoxy groups -OCH3 is 1. The molecule has 21 heavy (non-hydrogen) atoms. The summed E-state index contributed by atoms with van der Waals surface area (Å²) >= 11 is 6.12. The Morgan fingerprint density at radius 1 is 1.19 bits per heavy atom. The molecule has 0 aliphatic heterocycles. The van der Waals surface area contributed by atoms with Crippen molar-refractivity contribution >= 4 is 11.6 Å². The lowest BCUT2D eigenvalue weighted by atomic mass is 9.98. The topological polar surface area (TPSA) is 21.3 Å². The van der Waals surface area contributed by atoms with Gasteiger partial charge in [-0.3, -0.25) is 0 Å². The third kappa shape index (κ3) is 3.36. The number of ether oxygens (including phenoxy) is 1. The molecule has 110 valence electrons. The first-order valence-electron chi connectivity index (χ1n) is 7.03. The summed E-state index contributed by atoms with van der Waals surface area (Å²) in [6.45, 7) is 0.747. The molecule has 1 N–H and O–H groups in total. The molecule has 2 aromatic rings. The second-order valence-corrected chi connectivity index (χ2v) is 5.74. The van der Waals surface area contributed by atoms with Gasteiger partial charge in [0.1, 0.15) is 11.6 Å². The first-order chi connectivity index (χ1) is 10.2. The van der Waals surface area contributed by atoms with Crippen LogP contribution in [-0.2, 0) is 6.54 Å². The van der Waals surface area contributed by atoms with E-state index in [0.29, 0.717) is 16.8 Å². The zero-order valence-corrected chi connectivity index (χ0v) is 12.6. The van der Waals surface area contributed by atoms with Gasteiger partial charge >= 0.3 is 0 Å². The molecule has 4 heteroatoms. The van der Waals surface area contributed by atoms with E-state index in [1.165, 1.54) is 25.0 Å². The van der Waals surface area contributed by atoms with Crippen LogP contribution < -0.4 is 10.1 Å². The smallest absolute Gasteiger partial charge is 0.126 e. The van der Waals surface area contributed by atoms with Gasteiger partial charge in [-0.25, -0.2) is 4.39 Å². The Bertz CT molecular complexity index is 655. The van der Waals surface area contributed by atoms with Gasteiger partial charge in [-0.2, -0.15) is 0 Å². The van der Waals surface area contributed by atoms with Gasteiger partial charge in [0.2, 0.25) is 0 Å². The van der Waals surface area contributed by atoms with Crippen molar-refractivity contribution in [3.05, 3.63) is 52.8 Å². The monoisotopic (exact) mass is 305 g/mol. The molecule has 0 aromatic heterocycles. The van der Waals surface area contributed by atoms with Crippen molar-refractivity contribution in [3.63, 3.8) is 0 Å². The minimum Gasteiger partial charge on any atom is -0.496 e. The van der Waals surface area contributed by atoms with E-state index >= 15 is 0 Å². The fourth-order valence-corrected chi connectivity index (χ4v) is 2.56. The third-order valence-electron chi connectivity index (χ3n) is 3.68. The van der Waals surface area contributed by atoms with Crippen LogP contribution in [0, 0.1) is 5.82 Å². The van der Waals surface area contributed by atoms with Gasteiger partial charge in [-0.05, 0) is 54.3 Å². The molecule has 0 bridgehead atoms. The molecule has 2 nitrogen and oxygen atoms in total. The van der Waals surface area contributed by atoms with E-state index in [1.807, 2.05) is 18.2 Å². The summed E-state index contributed by atoms with van der Waals surface area (Å²) in [7, 11) is 1.59. The van der Waals surface area contributed by atoms with Crippen molar-refractivity contribution in [2.75, 3.05) is 7.11 Å². The maximum atomic E-state index is 13.6. The van der Waals surface area contributed by atoms with Gasteiger partial charge in [-0.15, -0.1) is 0 Å². The minimum atomic E-state index is -0.285. The molecule has 0 saturated heterocycles. The Hall–Kier alpha value is -1.58. The van der Waals surface area contributed by atoms with Crippen LogP contribution in [0.5, 0.6) is 5.75 Å². The second-order valence-electron chi connectivity index (χ2n) is 5.30. The van der Waals surface area contributed by atoms with E-state index in [-0.39, 0.29) is 5.82 Å². The van der Waals surface area contributed by atoms with Crippen molar-refractivity contribution < 1.29 is 9.13 Å². The molecule has 1 saturated carbocycles. The van der Waals surface area contributed by atoms with Crippen LogP contribution in [0.25, 0.3) is 11.1 Å². The molecular weight excluding hydrogens is 289 g/mol. The van der Waals surface area contributed by atoms with E-state index in [0.717, 1.165) is 23.2 Å². The Kier molecular flexibility index (Phi) is 4.13. The lowest BCUT2D eigenvalue weighted by Gasteiger charge is -2.14. The van der Waals surface area contributed by atoms with E-state index in [9.17, 15) is 4.39 Å². The van der Waals surface area contributed by atoms with Gasteiger partial charge in [-0.1, -0.05) is 17.7 Å². The number of hydrogen-bond donors (Lipinski definition) is 1. The van der Waals surface area contributed by atoms with Crippen LogP contribution in [0.2, 0.25) is 5.02 Å². The van der Waals surface area contributed by atoms with Gasteiger partial charge in [0.15, 0.2) is 0 Å². The minimum absolute atomic E-state index is 0.285. The van der Waals surface area contributed by atoms with Crippen molar-refractivity contribution in [1.82, 2.24) is 5.32 Å². The number of nitrogens with one attached hydrogen (secondary N) is 1. The van der Waals surface area contributed by atoms with Crippen molar-refractivity contribution in [1.29, 1.82) is 0 Å². The fraction of sp³-hybridized carbons (Fsp3) is 0.294. The molecule has 1 aliphatic carbocycles. The van der Waals surface area contributed by atoms with Crippen molar-refractivity contribution in [2.24, 2.45) is 0 Å². The Labute approximate surface area is 128 Å². The SMILES string of the molecule is COc1ccc(F)cc1-c1cc(Cl)ccc1CNC1CC1. The van der Waals surface area contributed by atoms with Gasteiger partial charge in [0.05, 0.1) is 7.11 Å². The Morgan fingerprint density at radius 2 is 2.00 bits per heavy atom. The third-order valence-corrected chi connectivity index (χ3v) is 3.92. The van der Waals surface area contributed by atoms with Crippen LogP contribution in [0.3, 0.4) is 0 Å². The maximum Gasteiger partial charge on any atom is 0.126 e. The van der Waals surface area contributed by atoms with Crippen LogP contribution in [0.1, 0.15) is 18.4 Å². The van der Waals surface area contributed by atoms with Crippen LogP contribution in [0.4, 0.5) is 4.39 Å². The molecule has 0 spiro atoms. The lowest BCUT2D eigenvalue weighted by molar-refractivity contribution is 0.415. The summed E-state index contributed by atoms with van der Waals surface area (Å²) in [6.07, 6.45) is 2.46. The summed E-state index contributed by atoms with van der Waals surface area (Å²) in [5, 5.41) is 4.11. The van der Waals surface area contributed by atoms with Gasteiger partial charge in [0.25, 0.3) is 0 Å². The number of hydrogen-bond acceptors (Lipinski definition) is 2. The standard InChI is InChI=1S/C17H17ClFNO/c1-21-17-7-4-13(19)9-16(17)15-8-12(18)3-2-11(15)10-20-14-5-6-14/h2-4,7-9,14,20H,5-6,10H2,1H3. The first kappa shape index (κ1) is 14.4. The molecule has 0 amide bonds. The maximum absolute atomic E-state index is 13.6. The highest BCUT2D eigenvalue weighted by Gasteiger charge is 2.21. The number of halogens is 2. The number of rotatable bonds is 5. The van der Waals surface area contributed by atoms with E-state index in [4.69, 9.17) is 16.3 Å². The molecule has 1 fully saturated rings. The Balaban J connectivity index is 2.02. The average Bonchev–Trinajstić information content (AvgIpc) is 3.30. The summed E-state index contributed by atoms with van der Waals surface area (Å²) in [5.41, 5.74) is 2.73. The van der Waals surface area contributed by atoms with Gasteiger partial charge in [0, 0.05) is 23.2 Å². The lowest BCUT2D eigenvalue weighted by Crippen LogP contribution is -2.15. The first-order valence-corrected chi connectivity index (χ1v) is 7.41. The largest absolute Gasteiger partial charge is 0.496 e. The summed E-state index contributed by atoms with van der Waals surface area (Å²) in [4.78, 5) is 0. The highest BCUT2D eigenvalue weighted by atomic mass is 35.5. The molecule has 3 rings (SSSR count). The van der Waals surface area contributed by atoms with E-state index in [1.54, 1.807) is 13.2 Å². The van der Waals surface area contributed by atoms with Crippen LogP contribution >= 0.6 is 11.6 Å². The fourth-order valence-electron chi connectivity index (χ4n) is 2.39. The average molecular weight is 306 g/mol. The molecule has 0 radical (unpaired) electrons. The van der Waals surface area contributed by atoms with E-state index < -0.39 is 0 Å². The molecule has 0 atom stereocenters. The van der Waals surface area contributed by atoms with Crippen LogP contribution in [0.15, 0.2) is 36.4 Å². The number of benzene rings is 2. The highest BCUT2D eigenvalue weighted by molar-refractivity contribution is 6.30. The molecule has 2 aromatic carbocycles. The molecule has 1 aliphatic rings.